The fraction of sp³-hybridized carbons (Fsp3) is 0.250. The lowest BCUT2D eigenvalue weighted by atomic mass is 10.1. The molecule has 4 nitrogen and oxygen atoms in total. The molecular formula is C8H13ClFN3O. The highest BCUT2D eigenvalue weighted by molar-refractivity contribution is 5.85. The number of phenols is 1. The van der Waals surface area contributed by atoms with Crippen molar-refractivity contribution in [1.82, 2.24) is 0 Å². The first-order valence-corrected chi connectivity index (χ1v) is 3.79. The SMILES string of the molecule is Cl.NC[C@@H](N)c1cc(F)cc(N)c1O. The number of anilines is 1. The number of hydrogen-bond acceptors (Lipinski definition) is 4. The zero-order valence-electron chi connectivity index (χ0n) is 7.40. The van der Waals surface area contributed by atoms with E-state index in [1.54, 1.807) is 0 Å². The van der Waals surface area contributed by atoms with Gasteiger partial charge in [0.2, 0.25) is 0 Å². The van der Waals surface area contributed by atoms with Gasteiger partial charge in [0.15, 0.2) is 0 Å². The van der Waals surface area contributed by atoms with Crippen molar-refractivity contribution in [2.75, 3.05) is 12.3 Å². The monoisotopic (exact) mass is 221 g/mol. The van der Waals surface area contributed by atoms with Crippen molar-refractivity contribution in [1.29, 1.82) is 0 Å². The second kappa shape index (κ2) is 4.99. The van der Waals surface area contributed by atoms with E-state index >= 15 is 0 Å². The van der Waals surface area contributed by atoms with Crippen LogP contribution in [0.4, 0.5) is 10.1 Å². The van der Waals surface area contributed by atoms with Crippen LogP contribution in [-0.2, 0) is 0 Å². The van der Waals surface area contributed by atoms with Crippen molar-refractivity contribution in [3.05, 3.63) is 23.5 Å². The Bertz CT molecular complexity index is 322. The van der Waals surface area contributed by atoms with E-state index < -0.39 is 11.9 Å². The third kappa shape index (κ3) is 2.47. The number of rotatable bonds is 2. The first-order chi connectivity index (χ1) is 6.06. The zero-order valence-corrected chi connectivity index (χ0v) is 8.22. The smallest absolute Gasteiger partial charge is 0.143 e. The zero-order chi connectivity index (χ0) is 10.0. The molecule has 6 heteroatoms. The van der Waals surface area contributed by atoms with Crippen LogP contribution in [0.3, 0.4) is 0 Å². The lowest BCUT2D eigenvalue weighted by molar-refractivity contribution is 0.462. The molecule has 1 atom stereocenters. The molecule has 0 bridgehead atoms. The van der Waals surface area contributed by atoms with Crippen LogP contribution in [0.15, 0.2) is 12.1 Å². The summed E-state index contributed by atoms with van der Waals surface area (Å²) >= 11 is 0. The van der Waals surface area contributed by atoms with Crippen LogP contribution in [0.1, 0.15) is 11.6 Å². The van der Waals surface area contributed by atoms with Crippen LogP contribution in [0, 0.1) is 5.82 Å². The Kier molecular flexibility index (Phi) is 4.62. The summed E-state index contributed by atoms with van der Waals surface area (Å²) in [5.41, 5.74) is 16.3. The Hall–Kier alpha value is -1.04. The van der Waals surface area contributed by atoms with Crippen LogP contribution in [-0.4, -0.2) is 11.7 Å². The van der Waals surface area contributed by atoms with E-state index in [9.17, 15) is 9.50 Å². The van der Waals surface area contributed by atoms with Gasteiger partial charge in [0.25, 0.3) is 0 Å². The molecule has 0 aliphatic rings. The maximum Gasteiger partial charge on any atom is 0.143 e. The molecule has 0 aliphatic carbocycles. The van der Waals surface area contributed by atoms with Crippen LogP contribution >= 0.6 is 12.4 Å². The Labute approximate surface area is 87.3 Å². The maximum atomic E-state index is 12.8. The predicted molar refractivity (Wildman–Crippen MR) is 55.7 cm³/mol. The first kappa shape index (κ1) is 13.0. The molecule has 0 saturated carbocycles. The average Bonchev–Trinajstić information content (AvgIpc) is 2.10. The lowest BCUT2D eigenvalue weighted by Crippen LogP contribution is -2.21. The van der Waals surface area contributed by atoms with Gasteiger partial charge >= 0.3 is 0 Å². The molecule has 0 aromatic heterocycles. The van der Waals surface area contributed by atoms with E-state index in [-0.39, 0.29) is 36.0 Å². The number of nitrogen functional groups attached to an aromatic ring is 1. The van der Waals surface area contributed by atoms with Gasteiger partial charge in [0.1, 0.15) is 11.6 Å². The molecular weight excluding hydrogens is 209 g/mol. The normalized spacial score (nSPS) is 11.9. The van der Waals surface area contributed by atoms with Gasteiger partial charge in [-0.05, 0) is 6.07 Å². The Balaban J connectivity index is 0.00000169. The summed E-state index contributed by atoms with van der Waals surface area (Å²) in [6, 6.07) is 1.56. The summed E-state index contributed by atoms with van der Waals surface area (Å²) in [4.78, 5) is 0. The minimum atomic E-state index is -0.599. The number of nitrogens with two attached hydrogens (primary N) is 3. The van der Waals surface area contributed by atoms with Gasteiger partial charge in [-0.1, -0.05) is 0 Å². The predicted octanol–water partition coefficient (Wildman–Crippen LogP) is 0.494. The van der Waals surface area contributed by atoms with Gasteiger partial charge in [-0.2, -0.15) is 0 Å². The lowest BCUT2D eigenvalue weighted by Gasteiger charge is -2.12. The third-order valence-corrected chi connectivity index (χ3v) is 1.79. The minimum Gasteiger partial charge on any atom is -0.505 e. The molecule has 0 amide bonds. The van der Waals surface area contributed by atoms with E-state index in [0.29, 0.717) is 0 Å². The number of aromatic hydroxyl groups is 1. The second-order valence-corrected chi connectivity index (χ2v) is 2.78. The summed E-state index contributed by atoms with van der Waals surface area (Å²) in [6.07, 6.45) is 0. The number of halogens is 2. The van der Waals surface area contributed by atoms with Crippen LogP contribution in [0.5, 0.6) is 5.75 Å². The van der Waals surface area contributed by atoms with E-state index in [1.807, 2.05) is 0 Å². The van der Waals surface area contributed by atoms with Crippen LogP contribution in [0.2, 0.25) is 0 Å². The van der Waals surface area contributed by atoms with Crippen molar-refractivity contribution >= 4 is 18.1 Å². The topological polar surface area (TPSA) is 98.3 Å². The molecule has 1 aromatic carbocycles. The van der Waals surface area contributed by atoms with Gasteiger partial charge < -0.3 is 22.3 Å². The van der Waals surface area contributed by atoms with Crippen molar-refractivity contribution in [2.45, 2.75) is 6.04 Å². The minimum absolute atomic E-state index is 0. The molecule has 0 unspecified atom stereocenters. The molecule has 1 aromatic rings. The highest BCUT2D eigenvalue weighted by atomic mass is 35.5. The summed E-state index contributed by atoms with van der Waals surface area (Å²) in [5, 5.41) is 9.40. The highest BCUT2D eigenvalue weighted by Gasteiger charge is 2.13. The van der Waals surface area contributed by atoms with Crippen LogP contribution < -0.4 is 17.2 Å². The third-order valence-electron chi connectivity index (χ3n) is 1.79. The molecule has 0 fully saturated rings. The molecule has 80 valence electrons. The highest BCUT2D eigenvalue weighted by Crippen LogP contribution is 2.29. The molecule has 0 saturated heterocycles. The van der Waals surface area contributed by atoms with Crippen molar-refractivity contribution < 1.29 is 9.50 Å². The second-order valence-electron chi connectivity index (χ2n) is 2.78. The Morgan fingerprint density at radius 3 is 2.50 bits per heavy atom. The molecule has 0 aliphatic heterocycles. The van der Waals surface area contributed by atoms with Crippen LogP contribution in [0.25, 0.3) is 0 Å². The number of hydrogen-bond donors (Lipinski definition) is 4. The Morgan fingerprint density at radius 2 is 2.00 bits per heavy atom. The summed E-state index contributed by atoms with van der Waals surface area (Å²) < 4.78 is 12.8. The van der Waals surface area contributed by atoms with Gasteiger partial charge in [0.05, 0.1) is 5.69 Å². The van der Waals surface area contributed by atoms with Gasteiger partial charge in [-0.15, -0.1) is 12.4 Å². The van der Waals surface area contributed by atoms with E-state index in [2.05, 4.69) is 0 Å². The van der Waals surface area contributed by atoms with E-state index in [4.69, 9.17) is 17.2 Å². The molecule has 1 rings (SSSR count). The molecule has 14 heavy (non-hydrogen) atoms. The summed E-state index contributed by atoms with van der Waals surface area (Å²) in [6.45, 7) is 0.121. The maximum absolute atomic E-state index is 12.8. The molecule has 0 radical (unpaired) electrons. The fourth-order valence-corrected chi connectivity index (χ4v) is 1.05. The Morgan fingerprint density at radius 1 is 1.43 bits per heavy atom. The fourth-order valence-electron chi connectivity index (χ4n) is 1.05. The van der Waals surface area contributed by atoms with E-state index in [1.165, 1.54) is 0 Å². The van der Waals surface area contributed by atoms with E-state index in [0.717, 1.165) is 12.1 Å². The quantitative estimate of drug-likeness (QED) is 0.432. The summed E-state index contributed by atoms with van der Waals surface area (Å²) in [5.74, 6) is -0.728. The van der Waals surface area contributed by atoms with Crippen molar-refractivity contribution in [2.24, 2.45) is 11.5 Å². The molecule has 0 heterocycles. The molecule has 0 spiro atoms. The summed E-state index contributed by atoms with van der Waals surface area (Å²) in [7, 11) is 0. The molecule has 7 N–H and O–H groups in total. The number of benzene rings is 1. The number of phenolic OH excluding ortho intramolecular Hbond substituents is 1. The van der Waals surface area contributed by atoms with Gasteiger partial charge in [-0.3, -0.25) is 0 Å². The van der Waals surface area contributed by atoms with Crippen molar-refractivity contribution in [3.8, 4) is 5.75 Å². The van der Waals surface area contributed by atoms with Gasteiger partial charge in [0, 0.05) is 24.2 Å². The van der Waals surface area contributed by atoms with Crippen molar-refractivity contribution in [3.63, 3.8) is 0 Å². The standard InChI is InChI=1S/C8H12FN3O.ClH/c9-4-1-5(7(12)3-10)8(13)6(11)2-4;/h1-2,7,13H,3,10-12H2;1H/t7-;/m1./s1. The van der Waals surface area contributed by atoms with Gasteiger partial charge in [-0.25, -0.2) is 4.39 Å². The first-order valence-electron chi connectivity index (χ1n) is 3.79. The average molecular weight is 222 g/mol. The largest absolute Gasteiger partial charge is 0.505 e.